The average Bonchev–Trinajstić information content (AvgIpc) is 2.97. The molecule has 242 valence electrons. The summed E-state index contributed by atoms with van der Waals surface area (Å²) in [4.78, 5) is 12.3. The molecule has 4 nitrogen and oxygen atoms in total. The number of rotatable bonds is 32. The molecule has 2 unspecified atom stereocenters. The van der Waals surface area contributed by atoms with E-state index in [0.717, 1.165) is 44.9 Å². The van der Waals surface area contributed by atoms with Crippen LogP contribution in [0.2, 0.25) is 0 Å². The van der Waals surface area contributed by atoms with E-state index in [1.807, 2.05) is 0 Å². The number of carbonyl (C=O) groups is 1. The fourth-order valence-electron chi connectivity index (χ4n) is 5.38. The zero-order chi connectivity index (χ0) is 30.1. The first-order chi connectivity index (χ1) is 20.2. The van der Waals surface area contributed by atoms with Gasteiger partial charge < -0.3 is 15.5 Å². The maximum atomic E-state index is 12.3. The van der Waals surface area contributed by atoms with Gasteiger partial charge in [0.25, 0.3) is 0 Å². The number of amides is 1. The van der Waals surface area contributed by atoms with E-state index in [4.69, 9.17) is 0 Å². The summed E-state index contributed by atoms with van der Waals surface area (Å²) >= 11 is 0. The molecule has 0 spiro atoms. The van der Waals surface area contributed by atoms with Gasteiger partial charge in [0.2, 0.25) is 5.91 Å². The van der Waals surface area contributed by atoms with Gasteiger partial charge in [0.05, 0.1) is 18.8 Å². The van der Waals surface area contributed by atoms with Crippen LogP contribution in [-0.4, -0.2) is 34.9 Å². The van der Waals surface area contributed by atoms with Gasteiger partial charge in [-0.15, -0.1) is 0 Å². The van der Waals surface area contributed by atoms with Crippen LogP contribution in [0.4, 0.5) is 0 Å². The third-order valence-corrected chi connectivity index (χ3v) is 8.22. The Morgan fingerprint density at radius 2 is 1.02 bits per heavy atom. The highest BCUT2D eigenvalue weighted by atomic mass is 16.3. The maximum Gasteiger partial charge on any atom is 0.220 e. The van der Waals surface area contributed by atoms with E-state index in [2.05, 4.69) is 43.5 Å². The topological polar surface area (TPSA) is 69.6 Å². The highest BCUT2D eigenvalue weighted by Crippen LogP contribution is 2.15. The predicted octanol–water partition coefficient (Wildman–Crippen LogP) is 10.5. The Kier molecular flexibility index (Phi) is 32.5. The lowest BCUT2D eigenvalue weighted by atomic mass is 10.0. The standard InChI is InChI=1S/C37H71NO3/c1-3-5-7-9-11-13-15-17-19-20-22-24-26-28-30-32-36(40)35(34-39)38-37(41)33-31-29-27-25-23-21-18-16-14-12-10-8-6-4-2/h10,12,16,18,35-36,39-40H,3-9,11,13-15,17,19-34H2,1-2H3,(H,38,41)/b12-10-,18-16-. The Balaban J connectivity index is 3.59. The highest BCUT2D eigenvalue weighted by Gasteiger charge is 2.19. The smallest absolute Gasteiger partial charge is 0.220 e. The van der Waals surface area contributed by atoms with Crippen LogP contribution >= 0.6 is 0 Å². The second kappa shape index (κ2) is 33.4. The Labute approximate surface area is 256 Å². The van der Waals surface area contributed by atoms with Crippen molar-refractivity contribution in [1.82, 2.24) is 5.32 Å². The Morgan fingerprint density at radius 1 is 0.585 bits per heavy atom. The molecule has 0 aliphatic heterocycles. The molecule has 4 heteroatoms. The molecular formula is C37H71NO3. The first kappa shape index (κ1) is 39.9. The third kappa shape index (κ3) is 30.1. The second-order valence-corrected chi connectivity index (χ2v) is 12.3. The average molecular weight is 578 g/mol. The summed E-state index contributed by atoms with van der Waals surface area (Å²) in [5.41, 5.74) is 0. The molecule has 1 amide bonds. The Morgan fingerprint density at radius 3 is 1.54 bits per heavy atom. The molecule has 0 radical (unpaired) electrons. The Bertz CT molecular complexity index is 589. The summed E-state index contributed by atoms with van der Waals surface area (Å²) in [6, 6.07) is -0.539. The molecule has 0 bridgehead atoms. The van der Waals surface area contributed by atoms with Crippen molar-refractivity contribution in [3.05, 3.63) is 24.3 Å². The van der Waals surface area contributed by atoms with Crippen molar-refractivity contribution in [2.75, 3.05) is 6.61 Å². The summed E-state index contributed by atoms with van der Waals surface area (Å²) < 4.78 is 0. The molecule has 0 fully saturated rings. The number of allylic oxidation sites excluding steroid dienone is 4. The SMILES string of the molecule is CCCC/C=C\C/C=C\CCCCCCCC(=O)NC(CO)C(O)CCCCCCCCCCCCCCCCC. The number of aliphatic hydroxyl groups excluding tert-OH is 2. The molecule has 0 heterocycles. The summed E-state index contributed by atoms with van der Waals surface area (Å²) in [6.07, 6.45) is 40.8. The second-order valence-electron chi connectivity index (χ2n) is 12.3. The molecule has 0 aromatic heterocycles. The lowest BCUT2D eigenvalue weighted by Crippen LogP contribution is -2.45. The molecular weight excluding hydrogens is 506 g/mol. The minimum Gasteiger partial charge on any atom is -0.394 e. The predicted molar refractivity (Wildman–Crippen MR) is 179 cm³/mol. The monoisotopic (exact) mass is 578 g/mol. The van der Waals surface area contributed by atoms with Crippen LogP contribution in [0.1, 0.15) is 187 Å². The van der Waals surface area contributed by atoms with E-state index < -0.39 is 12.1 Å². The number of hydrogen-bond donors (Lipinski definition) is 3. The van der Waals surface area contributed by atoms with E-state index in [1.54, 1.807) is 0 Å². The molecule has 41 heavy (non-hydrogen) atoms. The van der Waals surface area contributed by atoms with Gasteiger partial charge in [-0.2, -0.15) is 0 Å². The van der Waals surface area contributed by atoms with Crippen molar-refractivity contribution in [2.45, 2.75) is 199 Å². The first-order valence-electron chi connectivity index (χ1n) is 18.0. The van der Waals surface area contributed by atoms with Crippen molar-refractivity contribution >= 4 is 5.91 Å². The minimum atomic E-state index is -0.661. The molecule has 0 aliphatic rings. The van der Waals surface area contributed by atoms with Gasteiger partial charge in [0.1, 0.15) is 0 Å². The number of hydrogen-bond acceptors (Lipinski definition) is 3. The van der Waals surface area contributed by atoms with E-state index in [9.17, 15) is 15.0 Å². The number of nitrogens with one attached hydrogen (secondary N) is 1. The summed E-state index contributed by atoms with van der Waals surface area (Å²) in [6.45, 7) is 4.30. The zero-order valence-electron chi connectivity index (χ0n) is 27.6. The third-order valence-electron chi connectivity index (χ3n) is 8.22. The van der Waals surface area contributed by atoms with Crippen molar-refractivity contribution < 1.29 is 15.0 Å². The maximum absolute atomic E-state index is 12.3. The van der Waals surface area contributed by atoms with E-state index in [0.29, 0.717) is 12.8 Å². The largest absolute Gasteiger partial charge is 0.394 e. The van der Waals surface area contributed by atoms with Gasteiger partial charge >= 0.3 is 0 Å². The molecule has 0 saturated carbocycles. The van der Waals surface area contributed by atoms with Crippen LogP contribution < -0.4 is 5.32 Å². The van der Waals surface area contributed by atoms with Crippen molar-refractivity contribution in [2.24, 2.45) is 0 Å². The molecule has 0 aromatic carbocycles. The fraction of sp³-hybridized carbons (Fsp3) is 0.865. The molecule has 0 rings (SSSR count). The lowest BCUT2D eigenvalue weighted by Gasteiger charge is -2.22. The van der Waals surface area contributed by atoms with E-state index >= 15 is 0 Å². The molecule has 3 N–H and O–H groups in total. The minimum absolute atomic E-state index is 0.0467. The Hall–Kier alpha value is -1.13. The van der Waals surface area contributed by atoms with Crippen LogP contribution in [0, 0.1) is 0 Å². The fourth-order valence-corrected chi connectivity index (χ4v) is 5.38. The van der Waals surface area contributed by atoms with Crippen molar-refractivity contribution in [3.63, 3.8) is 0 Å². The van der Waals surface area contributed by atoms with E-state index in [1.165, 1.54) is 116 Å². The van der Waals surface area contributed by atoms with Gasteiger partial charge in [-0.3, -0.25) is 4.79 Å². The van der Waals surface area contributed by atoms with Gasteiger partial charge in [0.15, 0.2) is 0 Å². The first-order valence-corrected chi connectivity index (χ1v) is 18.0. The highest BCUT2D eigenvalue weighted by molar-refractivity contribution is 5.76. The quantitative estimate of drug-likeness (QED) is 0.0550. The molecule has 0 aromatic rings. The summed E-state index contributed by atoms with van der Waals surface area (Å²) in [5.74, 6) is -0.0467. The van der Waals surface area contributed by atoms with Gasteiger partial charge in [0, 0.05) is 6.42 Å². The lowest BCUT2D eigenvalue weighted by molar-refractivity contribution is -0.123. The van der Waals surface area contributed by atoms with Crippen molar-refractivity contribution in [3.8, 4) is 0 Å². The number of aliphatic hydroxyl groups is 2. The summed E-state index contributed by atoms with van der Waals surface area (Å²) in [5, 5.41) is 23.0. The number of carbonyl (C=O) groups excluding carboxylic acids is 1. The van der Waals surface area contributed by atoms with Gasteiger partial charge in [-0.05, 0) is 38.5 Å². The molecule has 0 saturated heterocycles. The zero-order valence-corrected chi connectivity index (χ0v) is 27.6. The van der Waals surface area contributed by atoms with Crippen LogP contribution in [0.5, 0.6) is 0 Å². The van der Waals surface area contributed by atoms with Crippen molar-refractivity contribution in [1.29, 1.82) is 0 Å². The summed E-state index contributed by atoms with van der Waals surface area (Å²) in [7, 11) is 0. The molecule has 0 aliphatic carbocycles. The number of unbranched alkanes of at least 4 members (excludes halogenated alkanes) is 21. The van der Waals surface area contributed by atoms with E-state index in [-0.39, 0.29) is 12.5 Å². The van der Waals surface area contributed by atoms with Gasteiger partial charge in [-0.1, -0.05) is 167 Å². The van der Waals surface area contributed by atoms with Gasteiger partial charge in [-0.25, -0.2) is 0 Å². The van der Waals surface area contributed by atoms with Crippen LogP contribution in [0.15, 0.2) is 24.3 Å². The van der Waals surface area contributed by atoms with Crippen LogP contribution in [0.3, 0.4) is 0 Å². The molecule has 2 atom stereocenters. The van der Waals surface area contributed by atoms with Crippen LogP contribution in [-0.2, 0) is 4.79 Å². The normalized spacial score (nSPS) is 13.4. The van der Waals surface area contributed by atoms with Crippen LogP contribution in [0.25, 0.3) is 0 Å².